The Hall–Kier alpha value is -2.77. The summed E-state index contributed by atoms with van der Waals surface area (Å²) >= 11 is 3.23. The molecule has 2 aromatic heterocycles. The van der Waals surface area contributed by atoms with Gasteiger partial charge >= 0.3 is 0 Å². The van der Waals surface area contributed by atoms with E-state index in [0.29, 0.717) is 0 Å². The molecular weight excluding hydrogens is 388 g/mol. The lowest BCUT2D eigenvalue weighted by atomic mass is 10.1. The summed E-state index contributed by atoms with van der Waals surface area (Å²) in [5.74, 6) is 0.765. The summed E-state index contributed by atoms with van der Waals surface area (Å²) in [7, 11) is 1.66. The van der Waals surface area contributed by atoms with E-state index in [9.17, 15) is 0 Å². The van der Waals surface area contributed by atoms with E-state index in [4.69, 9.17) is 9.72 Å². The van der Waals surface area contributed by atoms with Gasteiger partial charge in [-0.1, -0.05) is 12.1 Å². The number of allylic oxidation sites excluding steroid dienone is 3. The number of aromatic nitrogens is 2. The van der Waals surface area contributed by atoms with Gasteiger partial charge in [-0.3, -0.25) is 4.99 Å². The molecule has 0 aliphatic heterocycles. The van der Waals surface area contributed by atoms with Gasteiger partial charge in [-0.2, -0.15) is 0 Å². The molecule has 0 amide bonds. The topological polar surface area (TPSA) is 59.4 Å². The van der Waals surface area contributed by atoms with E-state index in [1.54, 1.807) is 36.0 Å². The van der Waals surface area contributed by atoms with E-state index in [2.05, 4.69) is 40.4 Å². The SMILES string of the molecule is C=NC=CC=C(C)c1ccc(OC)c(Nc2nc(-c3sc(C)nc3C)cs2)c1. The predicted octanol–water partition coefficient (Wildman–Crippen LogP) is 6.25. The Kier molecular flexibility index (Phi) is 6.38. The van der Waals surface area contributed by atoms with Crippen molar-refractivity contribution < 1.29 is 4.74 Å². The highest BCUT2D eigenvalue weighted by Gasteiger charge is 2.13. The molecule has 1 N–H and O–H groups in total. The Balaban J connectivity index is 1.88. The fourth-order valence-corrected chi connectivity index (χ4v) is 4.38. The normalized spacial score (nSPS) is 11.8. The van der Waals surface area contributed by atoms with Crippen molar-refractivity contribution in [3.05, 3.63) is 58.2 Å². The highest BCUT2D eigenvalue weighted by molar-refractivity contribution is 7.16. The van der Waals surface area contributed by atoms with Crippen molar-refractivity contribution in [2.24, 2.45) is 4.99 Å². The zero-order valence-electron chi connectivity index (χ0n) is 16.3. The molecule has 0 saturated heterocycles. The highest BCUT2D eigenvalue weighted by Crippen LogP contribution is 2.35. The summed E-state index contributed by atoms with van der Waals surface area (Å²) in [6.07, 6.45) is 5.52. The van der Waals surface area contributed by atoms with E-state index >= 15 is 0 Å². The maximum absolute atomic E-state index is 5.51. The second kappa shape index (κ2) is 8.95. The van der Waals surface area contributed by atoms with Crippen molar-refractivity contribution >= 4 is 45.8 Å². The van der Waals surface area contributed by atoms with Gasteiger partial charge in [-0.15, -0.1) is 22.7 Å². The smallest absolute Gasteiger partial charge is 0.187 e. The Morgan fingerprint density at radius 2 is 2.11 bits per heavy atom. The van der Waals surface area contributed by atoms with Crippen LogP contribution < -0.4 is 10.1 Å². The van der Waals surface area contributed by atoms with Crippen molar-refractivity contribution in [2.75, 3.05) is 12.4 Å². The number of hydrogen-bond donors (Lipinski definition) is 1. The molecule has 5 nitrogen and oxygen atoms in total. The lowest BCUT2D eigenvalue weighted by Crippen LogP contribution is -1.95. The summed E-state index contributed by atoms with van der Waals surface area (Å²) in [6, 6.07) is 6.04. The van der Waals surface area contributed by atoms with Crippen molar-refractivity contribution in [1.82, 2.24) is 9.97 Å². The first-order chi connectivity index (χ1) is 13.5. The third-order valence-electron chi connectivity index (χ3n) is 4.07. The monoisotopic (exact) mass is 410 g/mol. The summed E-state index contributed by atoms with van der Waals surface area (Å²) in [4.78, 5) is 14.1. The number of benzene rings is 1. The van der Waals surface area contributed by atoms with Crippen LogP contribution in [0.2, 0.25) is 0 Å². The average molecular weight is 411 g/mol. The van der Waals surface area contributed by atoms with Gasteiger partial charge in [-0.25, -0.2) is 9.97 Å². The number of rotatable bonds is 7. The second-order valence-corrected chi connectivity index (χ2v) is 8.16. The van der Waals surface area contributed by atoms with Crippen LogP contribution in [0.1, 0.15) is 23.2 Å². The van der Waals surface area contributed by atoms with Gasteiger partial charge in [0, 0.05) is 11.6 Å². The first-order valence-corrected chi connectivity index (χ1v) is 10.4. The Morgan fingerprint density at radius 3 is 2.79 bits per heavy atom. The van der Waals surface area contributed by atoms with Gasteiger partial charge in [-0.05, 0) is 56.8 Å². The number of anilines is 2. The minimum absolute atomic E-state index is 0.765. The molecule has 3 rings (SSSR count). The highest BCUT2D eigenvalue weighted by atomic mass is 32.1. The molecule has 2 heterocycles. The van der Waals surface area contributed by atoms with Crippen LogP contribution >= 0.6 is 22.7 Å². The molecule has 0 atom stereocenters. The molecule has 0 aliphatic rings. The Bertz CT molecular complexity index is 1050. The molecule has 7 heteroatoms. The third kappa shape index (κ3) is 4.55. The van der Waals surface area contributed by atoms with Crippen LogP contribution in [0.3, 0.4) is 0 Å². The Morgan fingerprint density at radius 1 is 1.29 bits per heavy atom. The van der Waals surface area contributed by atoms with E-state index in [0.717, 1.165) is 49.0 Å². The Labute approximate surface area is 173 Å². The second-order valence-electron chi connectivity index (χ2n) is 6.10. The number of thiazole rings is 2. The fourth-order valence-electron chi connectivity index (χ4n) is 2.72. The van der Waals surface area contributed by atoms with Crippen LogP contribution in [0.15, 0.2) is 46.9 Å². The van der Waals surface area contributed by atoms with E-state index in [1.807, 2.05) is 38.1 Å². The number of ether oxygens (including phenoxy) is 1. The number of aryl methyl sites for hydroxylation is 2. The van der Waals surface area contributed by atoms with Gasteiger partial charge in [0.25, 0.3) is 0 Å². The molecule has 3 aromatic rings. The van der Waals surface area contributed by atoms with Crippen molar-refractivity contribution in [3.8, 4) is 16.3 Å². The summed E-state index contributed by atoms with van der Waals surface area (Å²) in [6.45, 7) is 9.52. The fraction of sp³-hybridized carbons (Fsp3) is 0.190. The zero-order chi connectivity index (χ0) is 20.1. The van der Waals surface area contributed by atoms with E-state index in [-0.39, 0.29) is 0 Å². The molecule has 28 heavy (non-hydrogen) atoms. The number of nitrogens with zero attached hydrogens (tertiary/aromatic N) is 3. The number of hydrogen-bond acceptors (Lipinski definition) is 7. The number of methoxy groups -OCH3 is 1. The molecule has 0 bridgehead atoms. The van der Waals surface area contributed by atoms with Gasteiger partial charge in [0.1, 0.15) is 5.75 Å². The van der Waals surface area contributed by atoms with Crippen molar-refractivity contribution in [2.45, 2.75) is 20.8 Å². The lowest BCUT2D eigenvalue weighted by molar-refractivity contribution is 0.417. The zero-order valence-corrected chi connectivity index (χ0v) is 17.9. The first-order valence-electron chi connectivity index (χ1n) is 8.66. The van der Waals surface area contributed by atoms with E-state index < -0.39 is 0 Å². The molecule has 144 valence electrons. The molecule has 0 unspecified atom stereocenters. The van der Waals surface area contributed by atoms with Gasteiger partial charge < -0.3 is 10.1 Å². The van der Waals surface area contributed by atoms with Crippen molar-refractivity contribution in [1.29, 1.82) is 0 Å². The van der Waals surface area contributed by atoms with Gasteiger partial charge in [0.2, 0.25) is 0 Å². The van der Waals surface area contributed by atoms with Crippen LogP contribution in [0.5, 0.6) is 5.75 Å². The molecule has 0 saturated carbocycles. The molecular formula is C21H22N4OS2. The minimum Gasteiger partial charge on any atom is -0.495 e. The van der Waals surface area contributed by atoms with Crippen LogP contribution in [0.25, 0.3) is 16.1 Å². The maximum atomic E-state index is 5.51. The standard InChI is InChI=1S/C21H22N4OS2/c1-13(7-6-10-22-4)16-8-9-19(26-5)17(11-16)24-21-25-18(12-27-21)20-14(2)23-15(3)28-20/h6-12H,4H2,1-3,5H3,(H,24,25). The lowest BCUT2D eigenvalue weighted by Gasteiger charge is -2.11. The summed E-state index contributed by atoms with van der Waals surface area (Å²) in [5.41, 5.74) is 5.03. The van der Waals surface area contributed by atoms with Crippen LogP contribution in [0.4, 0.5) is 10.8 Å². The maximum Gasteiger partial charge on any atom is 0.187 e. The van der Waals surface area contributed by atoms with Gasteiger partial charge in [0.05, 0.1) is 34.1 Å². The third-order valence-corrected chi connectivity index (χ3v) is 5.93. The van der Waals surface area contributed by atoms with Gasteiger partial charge in [0.15, 0.2) is 5.13 Å². The van der Waals surface area contributed by atoms with Crippen molar-refractivity contribution in [3.63, 3.8) is 0 Å². The largest absolute Gasteiger partial charge is 0.495 e. The molecule has 1 aromatic carbocycles. The number of nitrogens with one attached hydrogen (secondary N) is 1. The molecule has 0 spiro atoms. The number of aliphatic imine (C=N–C) groups is 1. The minimum atomic E-state index is 0.765. The van der Waals surface area contributed by atoms with Crippen LogP contribution in [-0.4, -0.2) is 23.8 Å². The summed E-state index contributed by atoms with van der Waals surface area (Å²) < 4.78 is 5.51. The molecule has 0 fully saturated rings. The molecule has 0 radical (unpaired) electrons. The molecule has 0 aliphatic carbocycles. The van der Waals surface area contributed by atoms with Crippen LogP contribution in [-0.2, 0) is 0 Å². The predicted molar refractivity (Wildman–Crippen MR) is 121 cm³/mol. The first kappa shape index (κ1) is 20.0. The average Bonchev–Trinajstić information content (AvgIpc) is 3.27. The van der Waals surface area contributed by atoms with Crippen LogP contribution in [0, 0.1) is 13.8 Å². The quantitative estimate of drug-likeness (QED) is 0.369. The summed E-state index contributed by atoms with van der Waals surface area (Å²) in [5, 5.41) is 7.31. The van der Waals surface area contributed by atoms with E-state index in [1.165, 1.54) is 0 Å².